The number of nitrogens with zero attached hydrogens (tertiary/aromatic N) is 3. The zero-order valence-electron chi connectivity index (χ0n) is 13.4. The molecule has 1 fully saturated rings. The van der Waals surface area contributed by atoms with E-state index in [-0.39, 0.29) is 23.0 Å². The maximum Gasteiger partial charge on any atom is 0.214 e. The van der Waals surface area contributed by atoms with Crippen LogP contribution in [0.25, 0.3) is 0 Å². The number of hydrogen-bond donors (Lipinski definition) is 2. The summed E-state index contributed by atoms with van der Waals surface area (Å²) in [6.07, 6.45) is 0.649. The summed E-state index contributed by atoms with van der Waals surface area (Å²) in [7, 11) is -3.20. The largest absolute Gasteiger partial charge is 0.409 e. The standard InChI is InChI=1S/C13H28N4O3S/c1-11(12(14)15-18)16-6-8-17(9-7-16)21(19,20)10-5-13(2,3)4/h11,18H,5-10H2,1-4H3,(H2,14,15). The summed E-state index contributed by atoms with van der Waals surface area (Å²) in [5.74, 6) is 0.339. The molecule has 0 amide bonds. The molecule has 1 saturated heterocycles. The second kappa shape index (κ2) is 6.93. The SMILES string of the molecule is CC(C(N)=NO)N1CCN(S(=O)(=O)CCC(C)(C)C)CC1. The number of rotatable bonds is 5. The van der Waals surface area contributed by atoms with E-state index < -0.39 is 10.0 Å². The maximum atomic E-state index is 12.3. The Labute approximate surface area is 127 Å². The van der Waals surface area contributed by atoms with Crippen LogP contribution < -0.4 is 5.73 Å². The molecule has 0 radical (unpaired) electrons. The van der Waals surface area contributed by atoms with Crippen molar-refractivity contribution in [3.63, 3.8) is 0 Å². The summed E-state index contributed by atoms with van der Waals surface area (Å²) in [6, 6.07) is -0.186. The van der Waals surface area contributed by atoms with Gasteiger partial charge in [-0.25, -0.2) is 8.42 Å². The molecule has 0 aromatic rings. The van der Waals surface area contributed by atoms with Gasteiger partial charge in [0.2, 0.25) is 10.0 Å². The first-order chi connectivity index (χ1) is 9.57. The Balaban J connectivity index is 2.56. The number of piperazine rings is 1. The summed E-state index contributed by atoms with van der Waals surface area (Å²) in [5, 5.41) is 11.7. The van der Waals surface area contributed by atoms with Crippen molar-refractivity contribution in [3.8, 4) is 0 Å². The number of hydrogen-bond acceptors (Lipinski definition) is 5. The van der Waals surface area contributed by atoms with Crippen molar-refractivity contribution in [2.45, 2.75) is 40.2 Å². The molecule has 0 aliphatic carbocycles. The molecule has 124 valence electrons. The summed E-state index contributed by atoms with van der Waals surface area (Å²) in [4.78, 5) is 2.02. The third-order valence-electron chi connectivity index (χ3n) is 3.87. The third-order valence-corrected chi connectivity index (χ3v) is 5.74. The number of nitrogens with two attached hydrogens (primary N) is 1. The van der Waals surface area contributed by atoms with Crippen LogP contribution in [-0.4, -0.2) is 66.6 Å². The molecule has 0 spiro atoms. The Morgan fingerprint density at radius 2 is 1.81 bits per heavy atom. The molecule has 8 heteroatoms. The summed E-state index contributed by atoms with van der Waals surface area (Å²) >= 11 is 0. The van der Waals surface area contributed by atoms with Crippen LogP contribution in [-0.2, 0) is 10.0 Å². The van der Waals surface area contributed by atoms with Crippen LogP contribution in [0.5, 0.6) is 0 Å². The van der Waals surface area contributed by atoms with Gasteiger partial charge in [0.15, 0.2) is 5.84 Å². The Bertz CT molecular complexity index is 462. The van der Waals surface area contributed by atoms with Crippen molar-refractivity contribution >= 4 is 15.9 Å². The highest BCUT2D eigenvalue weighted by atomic mass is 32.2. The number of sulfonamides is 1. The monoisotopic (exact) mass is 320 g/mol. The summed E-state index contributed by atoms with van der Waals surface area (Å²) in [6.45, 7) is 10.1. The van der Waals surface area contributed by atoms with Gasteiger partial charge in [-0.15, -0.1) is 0 Å². The minimum absolute atomic E-state index is 0.00937. The van der Waals surface area contributed by atoms with E-state index in [1.165, 1.54) is 0 Å². The molecular formula is C13H28N4O3S. The van der Waals surface area contributed by atoms with Crippen LogP contribution in [0.3, 0.4) is 0 Å². The minimum Gasteiger partial charge on any atom is -0.409 e. The Morgan fingerprint density at radius 1 is 1.29 bits per heavy atom. The van der Waals surface area contributed by atoms with Gasteiger partial charge in [0.25, 0.3) is 0 Å². The maximum absolute atomic E-state index is 12.3. The molecule has 1 aliphatic heterocycles. The Hall–Kier alpha value is -0.860. The van der Waals surface area contributed by atoms with Gasteiger partial charge in [-0.05, 0) is 18.8 Å². The first-order valence-electron chi connectivity index (χ1n) is 7.26. The van der Waals surface area contributed by atoms with E-state index in [9.17, 15) is 8.42 Å². The molecular weight excluding hydrogens is 292 g/mol. The lowest BCUT2D eigenvalue weighted by molar-refractivity contribution is 0.170. The topological polar surface area (TPSA) is 99.2 Å². The predicted octanol–water partition coefficient (Wildman–Crippen LogP) is 0.505. The predicted molar refractivity (Wildman–Crippen MR) is 83.9 cm³/mol. The lowest BCUT2D eigenvalue weighted by atomic mass is 9.94. The molecule has 1 heterocycles. The fourth-order valence-electron chi connectivity index (χ4n) is 2.20. The van der Waals surface area contributed by atoms with Gasteiger partial charge in [0.05, 0.1) is 11.8 Å². The van der Waals surface area contributed by atoms with E-state index in [4.69, 9.17) is 10.9 Å². The lowest BCUT2D eigenvalue weighted by Gasteiger charge is -2.37. The van der Waals surface area contributed by atoms with Crippen LogP contribution in [0.2, 0.25) is 0 Å². The van der Waals surface area contributed by atoms with E-state index in [0.29, 0.717) is 32.6 Å². The highest BCUT2D eigenvalue weighted by molar-refractivity contribution is 7.89. The average Bonchev–Trinajstić information content (AvgIpc) is 2.43. The van der Waals surface area contributed by atoms with Crippen LogP contribution in [0.4, 0.5) is 0 Å². The lowest BCUT2D eigenvalue weighted by Crippen LogP contribution is -2.54. The van der Waals surface area contributed by atoms with E-state index in [1.54, 1.807) is 4.31 Å². The third kappa shape index (κ3) is 5.44. The summed E-state index contributed by atoms with van der Waals surface area (Å²) < 4.78 is 26.2. The second-order valence-corrected chi connectivity index (χ2v) is 8.85. The van der Waals surface area contributed by atoms with Gasteiger partial charge < -0.3 is 10.9 Å². The molecule has 7 nitrogen and oxygen atoms in total. The van der Waals surface area contributed by atoms with Crippen molar-refractivity contribution in [2.24, 2.45) is 16.3 Å². The van der Waals surface area contributed by atoms with Gasteiger partial charge in [-0.3, -0.25) is 4.90 Å². The van der Waals surface area contributed by atoms with E-state index in [2.05, 4.69) is 5.16 Å². The smallest absolute Gasteiger partial charge is 0.214 e. The Morgan fingerprint density at radius 3 is 2.24 bits per heavy atom. The quantitative estimate of drug-likeness (QED) is 0.333. The average molecular weight is 320 g/mol. The van der Waals surface area contributed by atoms with Gasteiger partial charge in [-0.2, -0.15) is 4.31 Å². The second-order valence-electron chi connectivity index (χ2n) is 6.76. The van der Waals surface area contributed by atoms with Gasteiger partial charge in [0.1, 0.15) is 0 Å². The van der Waals surface area contributed by atoms with Crippen molar-refractivity contribution in [1.29, 1.82) is 0 Å². The first kappa shape index (κ1) is 18.2. The van der Waals surface area contributed by atoms with E-state index >= 15 is 0 Å². The van der Waals surface area contributed by atoms with Crippen LogP contribution in [0.15, 0.2) is 5.16 Å². The fourth-order valence-corrected chi connectivity index (χ4v) is 4.05. The van der Waals surface area contributed by atoms with Crippen LogP contribution in [0, 0.1) is 5.41 Å². The molecule has 1 unspecified atom stereocenters. The molecule has 3 N–H and O–H groups in total. The van der Waals surface area contributed by atoms with Crippen LogP contribution >= 0.6 is 0 Å². The van der Waals surface area contributed by atoms with Crippen molar-refractivity contribution in [1.82, 2.24) is 9.21 Å². The molecule has 1 aliphatic rings. The highest BCUT2D eigenvalue weighted by Crippen LogP contribution is 2.21. The fraction of sp³-hybridized carbons (Fsp3) is 0.923. The zero-order valence-corrected chi connectivity index (χ0v) is 14.2. The van der Waals surface area contributed by atoms with Gasteiger partial charge in [0, 0.05) is 26.2 Å². The molecule has 1 rings (SSSR count). The van der Waals surface area contributed by atoms with Gasteiger partial charge >= 0.3 is 0 Å². The number of amidine groups is 1. The van der Waals surface area contributed by atoms with Gasteiger partial charge in [-0.1, -0.05) is 25.9 Å². The Kier molecular flexibility index (Phi) is 6.01. The normalized spacial score (nSPS) is 21.4. The molecule has 0 aromatic carbocycles. The summed E-state index contributed by atoms with van der Waals surface area (Å²) in [5.41, 5.74) is 5.60. The van der Waals surface area contributed by atoms with Crippen molar-refractivity contribution in [2.75, 3.05) is 31.9 Å². The van der Waals surface area contributed by atoms with Crippen LogP contribution in [0.1, 0.15) is 34.1 Å². The zero-order chi connectivity index (χ0) is 16.3. The minimum atomic E-state index is -3.20. The first-order valence-corrected chi connectivity index (χ1v) is 8.87. The highest BCUT2D eigenvalue weighted by Gasteiger charge is 2.30. The van der Waals surface area contributed by atoms with Crippen molar-refractivity contribution < 1.29 is 13.6 Å². The molecule has 0 aromatic heterocycles. The molecule has 21 heavy (non-hydrogen) atoms. The molecule has 1 atom stereocenters. The van der Waals surface area contributed by atoms with E-state index in [1.807, 2.05) is 32.6 Å². The number of oxime groups is 1. The molecule has 0 bridgehead atoms. The van der Waals surface area contributed by atoms with E-state index in [0.717, 1.165) is 0 Å². The van der Waals surface area contributed by atoms with Crippen molar-refractivity contribution in [3.05, 3.63) is 0 Å². The molecule has 0 saturated carbocycles.